The van der Waals surface area contributed by atoms with Crippen molar-refractivity contribution in [1.29, 1.82) is 0 Å². The molecule has 51 heavy (non-hydrogen) atoms. The van der Waals surface area contributed by atoms with E-state index in [0.29, 0.717) is 0 Å². The molecular formula is C29H58N6O16. The van der Waals surface area contributed by atoms with Crippen LogP contribution in [0.1, 0.15) is 25.7 Å². The molecular weight excluding hydrogens is 688 g/mol. The molecule has 22 nitrogen and oxygen atoms in total. The molecule has 0 aromatic carbocycles. The van der Waals surface area contributed by atoms with Crippen LogP contribution in [0.5, 0.6) is 0 Å². The van der Waals surface area contributed by atoms with Crippen molar-refractivity contribution in [3.05, 3.63) is 0 Å². The molecule has 16 N–H and O–H groups in total. The van der Waals surface area contributed by atoms with E-state index in [-0.39, 0.29) is 58.5 Å². The Labute approximate surface area is 295 Å². The van der Waals surface area contributed by atoms with Gasteiger partial charge in [0.15, 0.2) is 0 Å². The van der Waals surface area contributed by atoms with Gasteiger partial charge in [0.1, 0.15) is 22.2 Å². The van der Waals surface area contributed by atoms with Crippen molar-refractivity contribution in [1.82, 2.24) is 31.1 Å². The maximum Gasteiger partial charge on any atom is 0.221 e. The van der Waals surface area contributed by atoms with Crippen molar-refractivity contribution in [2.45, 2.75) is 47.8 Å². The molecule has 0 rings (SSSR count). The van der Waals surface area contributed by atoms with Gasteiger partial charge in [0, 0.05) is 51.9 Å². The van der Waals surface area contributed by atoms with Crippen LogP contribution in [0.15, 0.2) is 0 Å². The summed E-state index contributed by atoms with van der Waals surface area (Å²) in [7, 11) is 0. The molecule has 0 aromatic heterocycles. The van der Waals surface area contributed by atoms with Gasteiger partial charge in [-0.2, -0.15) is 0 Å². The highest BCUT2D eigenvalue weighted by molar-refractivity contribution is 5.78. The number of hydrogen-bond donors (Lipinski definition) is 16. The molecule has 0 heterocycles. The highest BCUT2D eigenvalue weighted by atomic mass is 16.3. The quantitative estimate of drug-likeness (QED) is 0.0303. The molecule has 4 amide bonds. The Balaban J connectivity index is 6.22. The van der Waals surface area contributed by atoms with E-state index in [1.807, 2.05) is 0 Å². The summed E-state index contributed by atoms with van der Waals surface area (Å²) in [5.74, 6) is -2.86. The van der Waals surface area contributed by atoms with Gasteiger partial charge in [0.2, 0.25) is 23.6 Å². The fraction of sp³-hybridized carbons (Fsp3) is 0.862. The number of carbonyl (C=O) groups excluding carboxylic acids is 4. The van der Waals surface area contributed by atoms with Gasteiger partial charge in [-0.05, 0) is 0 Å². The fourth-order valence-electron chi connectivity index (χ4n) is 4.34. The molecule has 0 aliphatic heterocycles. The largest absolute Gasteiger partial charge is 0.394 e. The first-order valence-corrected chi connectivity index (χ1v) is 16.2. The smallest absolute Gasteiger partial charge is 0.221 e. The molecule has 0 aromatic rings. The van der Waals surface area contributed by atoms with Crippen LogP contribution in [0.25, 0.3) is 0 Å². The minimum atomic E-state index is -1.73. The lowest BCUT2D eigenvalue weighted by Crippen LogP contribution is -2.58. The van der Waals surface area contributed by atoms with Crippen LogP contribution in [0.3, 0.4) is 0 Å². The predicted molar refractivity (Wildman–Crippen MR) is 175 cm³/mol. The Hall–Kier alpha value is -2.68. The van der Waals surface area contributed by atoms with E-state index in [9.17, 15) is 80.5 Å². The topological polar surface area (TPSA) is 366 Å². The number of aliphatic hydroxyl groups is 12. The number of hydrogen-bond acceptors (Lipinski definition) is 18. The van der Waals surface area contributed by atoms with Gasteiger partial charge in [-0.25, -0.2) is 0 Å². The normalized spacial score (nSPS) is 12.7. The van der Waals surface area contributed by atoms with E-state index in [2.05, 4.69) is 21.3 Å². The predicted octanol–water partition coefficient (Wildman–Crippen LogP) is -9.56. The first kappa shape index (κ1) is 48.3. The second kappa shape index (κ2) is 24.5. The maximum absolute atomic E-state index is 12.8. The molecule has 0 spiro atoms. The van der Waals surface area contributed by atoms with Crippen LogP contribution < -0.4 is 21.3 Å². The van der Waals surface area contributed by atoms with E-state index in [1.165, 1.54) is 9.80 Å². The number of nitrogens with one attached hydrogen (secondary N) is 4. The number of carbonyl (C=O) groups is 4. The molecule has 22 heteroatoms. The lowest BCUT2D eigenvalue weighted by Gasteiger charge is -2.33. The molecule has 0 aliphatic carbocycles. The number of amides is 4. The Morgan fingerprint density at radius 3 is 0.627 bits per heavy atom. The standard InChI is InChI=1S/C29H58N6O16/c36-9-26(10-37,11-38)30-22(48)1-5-34(6-2-23(49)31-27(12-39,13-40)14-41)21-35(7-3-24(50)32-28(15-42,16-43)17-44)8-4-25(51)33-29(18-45,19-46)20-47/h36-47H,1-21H2,(H,30,48)(H,31,49)(H,32,50)(H,33,51). The lowest BCUT2D eigenvalue weighted by atomic mass is 10.0. The summed E-state index contributed by atoms with van der Waals surface area (Å²) in [6.45, 7) is -10.1. The summed E-state index contributed by atoms with van der Waals surface area (Å²) in [5.41, 5.74) is -6.90. The van der Waals surface area contributed by atoms with E-state index < -0.39 is 125 Å². The van der Waals surface area contributed by atoms with Crippen LogP contribution in [0.2, 0.25) is 0 Å². The third kappa shape index (κ3) is 16.3. The summed E-state index contributed by atoms with van der Waals surface area (Å²) in [5, 5.41) is 124. The van der Waals surface area contributed by atoms with Gasteiger partial charge < -0.3 is 82.5 Å². The Morgan fingerprint density at radius 2 is 0.490 bits per heavy atom. The first-order valence-electron chi connectivity index (χ1n) is 16.2. The molecule has 0 atom stereocenters. The monoisotopic (exact) mass is 746 g/mol. The molecule has 0 saturated carbocycles. The van der Waals surface area contributed by atoms with Crippen molar-refractivity contribution >= 4 is 23.6 Å². The van der Waals surface area contributed by atoms with Crippen LogP contribution in [0.4, 0.5) is 0 Å². The van der Waals surface area contributed by atoms with E-state index >= 15 is 0 Å². The van der Waals surface area contributed by atoms with Gasteiger partial charge in [0.05, 0.1) is 86.0 Å². The lowest BCUT2D eigenvalue weighted by molar-refractivity contribution is -0.126. The summed E-state index contributed by atoms with van der Waals surface area (Å²) in [6.07, 6.45) is -1.26. The Kier molecular flexibility index (Phi) is 23.3. The van der Waals surface area contributed by atoms with Gasteiger partial charge >= 0.3 is 0 Å². The van der Waals surface area contributed by atoms with Gasteiger partial charge in [-0.3, -0.25) is 29.0 Å². The highest BCUT2D eigenvalue weighted by Crippen LogP contribution is 2.09. The van der Waals surface area contributed by atoms with Crippen LogP contribution in [-0.2, 0) is 19.2 Å². The van der Waals surface area contributed by atoms with Gasteiger partial charge in [-0.15, -0.1) is 0 Å². The van der Waals surface area contributed by atoms with Crippen molar-refractivity contribution in [2.75, 3.05) is 112 Å². The van der Waals surface area contributed by atoms with Gasteiger partial charge in [0.25, 0.3) is 0 Å². The minimum Gasteiger partial charge on any atom is -0.394 e. The minimum absolute atomic E-state index is 0.122. The fourth-order valence-corrected chi connectivity index (χ4v) is 4.34. The van der Waals surface area contributed by atoms with E-state index in [4.69, 9.17) is 0 Å². The van der Waals surface area contributed by atoms with Crippen molar-refractivity contribution in [3.8, 4) is 0 Å². The second-order valence-electron chi connectivity index (χ2n) is 12.6. The Morgan fingerprint density at radius 1 is 0.333 bits per heavy atom. The van der Waals surface area contributed by atoms with E-state index in [0.717, 1.165) is 0 Å². The maximum atomic E-state index is 12.8. The number of nitrogens with zero attached hydrogens (tertiary/aromatic N) is 2. The molecule has 0 radical (unpaired) electrons. The molecule has 0 unspecified atom stereocenters. The first-order chi connectivity index (χ1) is 24.2. The average molecular weight is 747 g/mol. The summed E-state index contributed by atoms with van der Waals surface area (Å²) in [6, 6.07) is 0. The Bertz CT molecular complexity index is 838. The summed E-state index contributed by atoms with van der Waals surface area (Å²) < 4.78 is 0. The van der Waals surface area contributed by atoms with E-state index in [1.54, 1.807) is 0 Å². The van der Waals surface area contributed by atoms with Crippen LogP contribution >= 0.6 is 0 Å². The molecule has 0 fully saturated rings. The molecule has 0 aliphatic rings. The zero-order valence-corrected chi connectivity index (χ0v) is 28.7. The SMILES string of the molecule is O=C(CCN(CCC(=O)NC(CO)(CO)CO)CN(CCC(=O)NC(CO)(CO)CO)CCC(=O)NC(CO)(CO)CO)NC(CO)(CO)CO. The average Bonchev–Trinajstić information content (AvgIpc) is 3.16. The third-order valence-electron chi connectivity index (χ3n) is 8.27. The number of aliphatic hydroxyl groups excluding tert-OH is 12. The summed E-state index contributed by atoms with van der Waals surface area (Å²) >= 11 is 0. The highest BCUT2D eigenvalue weighted by Gasteiger charge is 2.33. The van der Waals surface area contributed by atoms with Crippen molar-refractivity contribution in [3.63, 3.8) is 0 Å². The molecule has 0 saturated heterocycles. The molecule has 0 bridgehead atoms. The zero-order valence-electron chi connectivity index (χ0n) is 28.7. The van der Waals surface area contributed by atoms with Gasteiger partial charge in [-0.1, -0.05) is 0 Å². The van der Waals surface area contributed by atoms with Crippen LogP contribution in [0, 0.1) is 0 Å². The van der Waals surface area contributed by atoms with Crippen LogP contribution in [-0.4, -0.2) is 229 Å². The van der Waals surface area contributed by atoms with Crippen molar-refractivity contribution < 1.29 is 80.5 Å². The third-order valence-corrected chi connectivity index (χ3v) is 8.27. The second-order valence-corrected chi connectivity index (χ2v) is 12.6. The molecule has 300 valence electrons. The van der Waals surface area contributed by atoms with Crippen molar-refractivity contribution in [2.24, 2.45) is 0 Å². The number of rotatable bonds is 30. The summed E-state index contributed by atoms with van der Waals surface area (Å²) in [4.78, 5) is 54.1. The zero-order chi connectivity index (χ0) is 39.1.